The Morgan fingerprint density at radius 3 is 2.25 bits per heavy atom. The molecule has 12 heavy (non-hydrogen) atoms. The maximum Gasteiger partial charge on any atom is 0.0644 e. The number of methoxy groups -OCH3 is 1. The van der Waals surface area contributed by atoms with Crippen molar-refractivity contribution < 1.29 is 9.47 Å². The van der Waals surface area contributed by atoms with Crippen LogP contribution in [0.1, 0.15) is 34.1 Å². The van der Waals surface area contributed by atoms with Crippen LogP contribution in [0.25, 0.3) is 0 Å². The minimum Gasteiger partial charge on any atom is -0.381 e. The molecule has 0 radical (unpaired) electrons. The smallest absolute Gasteiger partial charge is 0.0644 e. The first kappa shape index (κ1) is 11.9. The fraction of sp³-hybridized carbons (Fsp3) is 1.00. The molecule has 74 valence electrons. The van der Waals surface area contributed by atoms with Crippen LogP contribution in [0.4, 0.5) is 0 Å². The molecule has 0 aliphatic carbocycles. The van der Waals surface area contributed by atoms with Crippen LogP contribution in [0.3, 0.4) is 0 Å². The fourth-order valence-electron chi connectivity index (χ4n) is 0.739. The average molecular weight is 174 g/mol. The Morgan fingerprint density at radius 1 is 1.25 bits per heavy atom. The average Bonchev–Trinajstić information content (AvgIpc) is 1.98. The molecule has 0 rings (SSSR count). The minimum absolute atomic E-state index is 0.0447. The van der Waals surface area contributed by atoms with Gasteiger partial charge in [0.05, 0.1) is 5.60 Å². The predicted octanol–water partition coefficient (Wildman–Crippen LogP) is 2.47. The molecule has 0 N–H and O–H groups in total. The van der Waals surface area contributed by atoms with E-state index in [0.29, 0.717) is 5.92 Å². The largest absolute Gasteiger partial charge is 0.381 e. The first-order chi connectivity index (χ1) is 5.48. The lowest BCUT2D eigenvalue weighted by Gasteiger charge is -2.22. The molecule has 0 amide bonds. The lowest BCUT2D eigenvalue weighted by molar-refractivity contribution is -0.0129. The zero-order valence-corrected chi connectivity index (χ0v) is 9.02. The van der Waals surface area contributed by atoms with Crippen LogP contribution in [0, 0.1) is 5.92 Å². The summed E-state index contributed by atoms with van der Waals surface area (Å²) in [4.78, 5) is 0. The lowest BCUT2D eigenvalue weighted by atomic mass is 10.1. The number of rotatable bonds is 6. The van der Waals surface area contributed by atoms with Gasteiger partial charge >= 0.3 is 0 Å². The highest BCUT2D eigenvalue weighted by Gasteiger charge is 2.15. The van der Waals surface area contributed by atoms with Crippen LogP contribution < -0.4 is 0 Å². The second-order valence-corrected chi connectivity index (χ2v) is 4.18. The van der Waals surface area contributed by atoms with Crippen LogP contribution in [-0.2, 0) is 9.47 Å². The molecule has 0 unspecified atom stereocenters. The van der Waals surface area contributed by atoms with Gasteiger partial charge in [-0.3, -0.25) is 0 Å². The van der Waals surface area contributed by atoms with E-state index in [2.05, 4.69) is 27.7 Å². The molecule has 2 nitrogen and oxygen atoms in total. The Labute approximate surface area is 76.3 Å². The van der Waals surface area contributed by atoms with Crippen molar-refractivity contribution in [1.82, 2.24) is 0 Å². The van der Waals surface area contributed by atoms with Crippen LogP contribution in [0.15, 0.2) is 0 Å². The predicted molar refractivity (Wildman–Crippen MR) is 51.4 cm³/mol. The summed E-state index contributed by atoms with van der Waals surface area (Å²) in [5.41, 5.74) is -0.0447. The maximum absolute atomic E-state index is 5.45. The van der Waals surface area contributed by atoms with Crippen molar-refractivity contribution in [2.45, 2.75) is 39.7 Å². The summed E-state index contributed by atoms with van der Waals surface area (Å²) in [7, 11) is 1.74. The van der Waals surface area contributed by atoms with Crippen LogP contribution >= 0.6 is 0 Å². The van der Waals surface area contributed by atoms with Gasteiger partial charge in [0.15, 0.2) is 0 Å². The minimum atomic E-state index is -0.0447. The van der Waals surface area contributed by atoms with E-state index in [4.69, 9.17) is 9.47 Å². The van der Waals surface area contributed by atoms with Gasteiger partial charge in [-0.2, -0.15) is 0 Å². The topological polar surface area (TPSA) is 18.5 Å². The highest BCUT2D eigenvalue weighted by Crippen LogP contribution is 2.12. The van der Waals surface area contributed by atoms with E-state index in [0.717, 1.165) is 19.6 Å². The summed E-state index contributed by atoms with van der Waals surface area (Å²) in [6.07, 6.45) is 0.955. The molecular weight excluding hydrogens is 152 g/mol. The first-order valence-electron chi connectivity index (χ1n) is 4.61. The Morgan fingerprint density at radius 2 is 1.83 bits per heavy atom. The van der Waals surface area contributed by atoms with Gasteiger partial charge in [-0.1, -0.05) is 13.8 Å². The van der Waals surface area contributed by atoms with Gasteiger partial charge in [0.25, 0.3) is 0 Å². The molecular formula is C10H22O2. The van der Waals surface area contributed by atoms with E-state index < -0.39 is 0 Å². The standard InChI is InChI=1S/C10H22O2/c1-9(2)8-12-7-6-10(3,4)11-5/h9H,6-8H2,1-5H3. The number of hydrogen-bond acceptors (Lipinski definition) is 2. The zero-order valence-electron chi connectivity index (χ0n) is 9.02. The Bertz CT molecular complexity index is 108. The summed E-state index contributed by atoms with van der Waals surface area (Å²) >= 11 is 0. The molecule has 0 aromatic carbocycles. The van der Waals surface area contributed by atoms with E-state index >= 15 is 0 Å². The second kappa shape index (κ2) is 5.55. The molecule has 0 aromatic rings. The lowest BCUT2D eigenvalue weighted by Crippen LogP contribution is -2.24. The Balaban J connectivity index is 3.31. The third kappa shape index (κ3) is 6.62. The zero-order chi connectivity index (χ0) is 9.61. The van der Waals surface area contributed by atoms with E-state index in [9.17, 15) is 0 Å². The SMILES string of the molecule is COC(C)(C)CCOCC(C)C. The van der Waals surface area contributed by atoms with Crippen molar-refractivity contribution in [1.29, 1.82) is 0 Å². The van der Waals surface area contributed by atoms with E-state index in [-0.39, 0.29) is 5.60 Å². The van der Waals surface area contributed by atoms with Gasteiger partial charge in [0.1, 0.15) is 0 Å². The van der Waals surface area contributed by atoms with Crippen molar-refractivity contribution in [2.75, 3.05) is 20.3 Å². The number of ether oxygens (including phenoxy) is 2. The molecule has 0 atom stereocenters. The summed E-state index contributed by atoms with van der Waals surface area (Å²) in [5.74, 6) is 0.621. The molecule has 0 fully saturated rings. The molecule has 0 bridgehead atoms. The first-order valence-corrected chi connectivity index (χ1v) is 4.61. The van der Waals surface area contributed by atoms with Crippen molar-refractivity contribution in [3.63, 3.8) is 0 Å². The highest BCUT2D eigenvalue weighted by atomic mass is 16.5. The Hall–Kier alpha value is -0.0800. The van der Waals surface area contributed by atoms with Crippen LogP contribution in [0.2, 0.25) is 0 Å². The van der Waals surface area contributed by atoms with Gasteiger partial charge in [-0.25, -0.2) is 0 Å². The van der Waals surface area contributed by atoms with Gasteiger partial charge in [0.2, 0.25) is 0 Å². The quantitative estimate of drug-likeness (QED) is 0.576. The monoisotopic (exact) mass is 174 g/mol. The van der Waals surface area contributed by atoms with Crippen LogP contribution in [0.5, 0.6) is 0 Å². The van der Waals surface area contributed by atoms with E-state index in [1.54, 1.807) is 7.11 Å². The molecule has 0 heterocycles. The van der Waals surface area contributed by atoms with Gasteiger partial charge in [0, 0.05) is 20.3 Å². The van der Waals surface area contributed by atoms with Gasteiger partial charge in [-0.15, -0.1) is 0 Å². The van der Waals surface area contributed by atoms with Crippen molar-refractivity contribution in [3.8, 4) is 0 Å². The second-order valence-electron chi connectivity index (χ2n) is 4.18. The third-order valence-electron chi connectivity index (χ3n) is 1.85. The maximum atomic E-state index is 5.45. The van der Waals surface area contributed by atoms with Crippen LogP contribution in [-0.4, -0.2) is 25.9 Å². The fourth-order valence-corrected chi connectivity index (χ4v) is 0.739. The van der Waals surface area contributed by atoms with E-state index in [1.807, 2.05) is 0 Å². The number of hydrogen-bond donors (Lipinski definition) is 0. The van der Waals surface area contributed by atoms with Gasteiger partial charge < -0.3 is 9.47 Å². The van der Waals surface area contributed by atoms with Crippen molar-refractivity contribution in [3.05, 3.63) is 0 Å². The normalized spacial score (nSPS) is 12.5. The molecule has 0 spiro atoms. The molecule has 0 aliphatic rings. The molecule has 0 aromatic heterocycles. The molecule has 0 saturated heterocycles. The highest BCUT2D eigenvalue weighted by molar-refractivity contribution is 4.66. The molecule has 2 heteroatoms. The summed E-state index contributed by atoms with van der Waals surface area (Å²) in [5, 5.41) is 0. The van der Waals surface area contributed by atoms with Gasteiger partial charge in [-0.05, 0) is 26.2 Å². The van der Waals surface area contributed by atoms with Crippen molar-refractivity contribution in [2.24, 2.45) is 5.92 Å². The Kier molecular flexibility index (Phi) is 5.51. The summed E-state index contributed by atoms with van der Waals surface area (Å²) < 4.78 is 10.7. The molecule has 0 aliphatic heterocycles. The molecule has 0 saturated carbocycles. The summed E-state index contributed by atoms with van der Waals surface area (Å²) in [6, 6.07) is 0. The van der Waals surface area contributed by atoms with Crippen molar-refractivity contribution >= 4 is 0 Å². The van der Waals surface area contributed by atoms with E-state index in [1.165, 1.54) is 0 Å². The summed E-state index contributed by atoms with van der Waals surface area (Å²) in [6.45, 7) is 10.1. The third-order valence-corrected chi connectivity index (χ3v) is 1.85.